The largest absolute Gasteiger partial charge is 0.330 e. The number of nitrogens with zero attached hydrogens (tertiary/aromatic N) is 3. The average Bonchev–Trinajstić information content (AvgIpc) is 3.08. The molecule has 0 amide bonds. The molecule has 1 saturated heterocycles. The predicted molar refractivity (Wildman–Crippen MR) is 87.3 cm³/mol. The van der Waals surface area contributed by atoms with Gasteiger partial charge < -0.3 is 10.3 Å². The van der Waals surface area contributed by atoms with Gasteiger partial charge in [-0.25, -0.2) is 4.98 Å². The van der Waals surface area contributed by atoms with Gasteiger partial charge in [0.15, 0.2) is 0 Å². The summed E-state index contributed by atoms with van der Waals surface area (Å²) in [6.45, 7) is 7.34. The molecular weight excluding hydrogens is 260 g/mol. The molecule has 1 aliphatic heterocycles. The van der Waals surface area contributed by atoms with Gasteiger partial charge >= 0.3 is 0 Å². The van der Waals surface area contributed by atoms with E-state index in [1.54, 1.807) is 0 Å². The van der Waals surface area contributed by atoms with Crippen molar-refractivity contribution >= 4 is 11.0 Å². The molecule has 0 aliphatic carbocycles. The molecule has 1 aliphatic rings. The molecule has 2 N–H and O–H groups in total. The Morgan fingerprint density at radius 2 is 2.00 bits per heavy atom. The zero-order valence-electron chi connectivity index (χ0n) is 13.0. The van der Waals surface area contributed by atoms with Crippen LogP contribution in [-0.2, 0) is 13.1 Å². The first-order valence-corrected chi connectivity index (χ1v) is 8.16. The van der Waals surface area contributed by atoms with Gasteiger partial charge in [0.1, 0.15) is 5.82 Å². The van der Waals surface area contributed by atoms with Crippen LogP contribution in [0.5, 0.6) is 0 Å². The van der Waals surface area contributed by atoms with Gasteiger partial charge in [-0.05, 0) is 69.9 Å². The van der Waals surface area contributed by atoms with Crippen molar-refractivity contribution in [2.45, 2.75) is 45.7 Å². The van der Waals surface area contributed by atoms with Crippen LogP contribution in [0.4, 0.5) is 0 Å². The number of hydrogen-bond donors (Lipinski definition) is 1. The summed E-state index contributed by atoms with van der Waals surface area (Å²) in [6, 6.07) is 6.60. The van der Waals surface area contributed by atoms with Gasteiger partial charge in [-0.1, -0.05) is 6.07 Å². The maximum atomic E-state index is 5.64. The number of imidazole rings is 1. The molecule has 2 heterocycles. The zero-order valence-corrected chi connectivity index (χ0v) is 13.0. The summed E-state index contributed by atoms with van der Waals surface area (Å²) in [6.07, 6.45) is 4.86. The van der Waals surface area contributed by atoms with E-state index in [1.807, 2.05) is 0 Å². The van der Waals surface area contributed by atoms with Crippen LogP contribution in [0.15, 0.2) is 18.2 Å². The van der Waals surface area contributed by atoms with Crippen molar-refractivity contribution in [3.05, 3.63) is 29.6 Å². The molecule has 0 unspecified atom stereocenters. The van der Waals surface area contributed by atoms with Crippen molar-refractivity contribution in [2.24, 2.45) is 5.73 Å². The quantitative estimate of drug-likeness (QED) is 0.831. The minimum atomic E-state index is 0.771. The lowest BCUT2D eigenvalue weighted by Crippen LogP contribution is -2.21. The molecule has 1 aromatic carbocycles. The number of hydrogen-bond acceptors (Lipinski definition) is 3. The smallest absolute Gasteiger partial charge is 0.124 e. The van der Waals surface area contributed by atoms with Crippen LogP contribution in [0.1, 0.15) is 37.1 Å². The SMILES string of the molecule is Cc1ccc2c(c1)nc(CN1CCCC1)n2CCCCN. The van der Waals surface area contributed by atoms with E-state index in [0.717, 1.165) is 38.0 Å². The molecule has 0 saturated carbocycles. The summed E-state index contributed by atoms with van der Waals surface area (Å²) >= 11 is 0. The second kappa shape index (κ2) is 6.58. The van der Waals surface area contributed by atoms with Gasteiger partial charge in [0.05, 0.1) is 17.6 Å². The Hall–Kier alpha value is -1.39. The lowest BCUT2D eigenvalue weighted by atomic mass is 10.2. The first-order chi connectivity index (χ1) is 10.3. The Labute approximate surface area is 126 Å². The summed E-state index contributed by atoms with van der Waals surface area (Å²) in [5, 5.41) is 0. The summed E-state index contributed by atoms with van der Waals surface area (Å²) < 4.78 is 2.41. The Bertz CT molecular complexity index is 596. The molecule has 1 fully saturated rings. The lowest BCUT2D eigenvalue weighted by molar-refractivity contribution is 0.316. The van der Waals surface area contributed by atoms with Gasteiger partial charge in [0.2, 0.25) is 0 Å². The summed E-state index contributed by atoms with van der Waals surface area (Å²) in [7, 11) is 0. The summed E-state index contributed by atoms with van der Waals surface area (Å²) in [5.41, 5.74) is 9.32. The number of fused-ring (bicyclic) bond motifs is 1. The van der Waals surface area contributed by atoms with Crippen LogP contribution in [0.3, 0.4) is 0 Å². The van der Waals surface area contributed by atoms with Crippen molar-refractivity contribution < 1.29 is 0 Å². The third-order valence-corrected chi connectivity index (χ3v) is 4.38. The first kappa shape index (κ1) is 14.5. The lowest BCUT2D eigenvalue weighted by Gasteiger charge is -2.16. The minimum absolute atomic E-state index is 0.771. The van der Waals surface area contributed by atoms with Crippen molar-refractivity contribution in [2.75, 3.05) is 19.6 Å². The first-order valence-electron chi connectivity index (χ1n) is 8.16. The second-order valence-corrected chi connectivity index (χ2v) is 6.15. The number of unbranched alkanes of at least 4 members (excludes halogenated alkanes) is 1. The fourth-order valence-electron chi connectivity index (χ4n) is 3.21. The number of aryl methyl sites for hydroxylation is 2. The van der Waals surface area contributed by atoms with E-state index < -0.39 is 0 Å². The van der Waals surface area contributed by atoms with Gasteiger partial charge in [-0.3, -0.25) is 4.90 Å². The molecular formula is C17H26N4. The fraction of sp³-hybridized carbons (Fsp3) is 0.588. The van der Waals surface area contributed by atoms with E-state index in [4.69, 9.17) is 10.7 Å². The normalized spacial score (nSPS) is 16.1. The molecule has 3 rings (SSSR count). The molecule has 114 valence electrons. The molecule has 0 bridgehead atoms. The molecule has 4 heteroatoms. The molecule has 0 radical (unpaired) electrons. The zero-order chi connectivity index (χ0) is 14.7. The van der Waals surface area contributed by atoms with Crippen LogP contribution in [-0.4, -0.2) is 34.1 Å². The van der Waals surface area contributed by atoms with Crippen LogP contribution in [0.25, 0.3) is 11.0 Å². The summed E-state index contributed by atoms with van der Waals surface area (Å²) in [5.74, 6) is 1.22. The highest BCUT2D eigenvalue weighted by Crippen LogP contribution is 2.21. The number of aromatic nitrogens is 2. The fourth-order valence-corrected chi connectivity index (χ4v) is 3.21. The molecule has 1 aromatic heterocycles. The average molecular weight is 286 g/mol. The number of likely N-dealkylation sites (tertiary alicyclic amines) is 1. The molecule has 2 aromatic rings. The maximum Gasteiger partial charge on any atom is 0.124 e. The van der Waals surface area contributed by atoms with Gasteiger partial charge in [-0.2, -0.15) is 0 Å². The third-order valence-electron chi connectivity index (χ3n) is 4.38. The van der Waals surface area contributed by atoms with Gasteiger partial charge in [-0.15, -0.1) is 0 Å². The van der Waals surface area contributed by atoms with Crippen molar-refractivity contribution in [3.63, 3.8) is 0 Å². The molecule has 21 heavy (non-hydrogen) atoms. The topological polar surface area (TPSA) is 47.1 Å². The number of rotatable bonds is 6. The molecule has 0 spiro atoms. The monoisotopic (exact) mass is 286 g/mol. The predicted octanol–water partition coefficient (Wildman–Crippen LogP) is 2.68. The van der Waals surface area contributed by atoms with Gasteiger partial charge in [0, 0.05) is 6.54 Å². The highest BCUT2D eigenvalue weighted by Gasteiger charge is 2.17. The Morgan fingerprint density at radius 1 is 1.19 bits per heavy atom. The van der Waals surface area contributed by atoms with E-state index in [-0.39, 0.29) is 0 Å². The molecule has 4 nitrogen and oxygen atoms in total. The second-order valence-electron chi connectivity index (χ2n) is 6.15. The summed E-state index contributed by atoms with van der Waals surface area (Å²) in [4.78, 5) is 7.43. The Morgan fingerprint density at radius 3 is 2.76 bits per heavy atom. The Balaban J connectivity index is 1.89. The van der Waals surface area contributed by atoms with Crippen molar-refractivity contribution in [1.29, 1.82) is 0 Å². The third kappa shape index (κ3) is 3.27. The van der Waals surface area contributed by atoms with E-state index in [2.05, 4.69) is 34.6 Å². The van der Waals surface area contributed by atoms with Crippen molar-refractivity contribution in [3.8, 4) is 0 Å². The van der Waals surface area contributed by atoms with E-state index in [0.29, 0.717) is 0 Å². The van der Waals surface area contributed by atoms with Crippen LogP contribution in [0.2, 0.25) is 0 Å². The van der Waals surface area contributed by atoms with Crippen molar-refractivity contribution in [1.82, 2.24) is 14.5 Å². The van der Waals surface area contributed by atoms with Gasteiger partial charge in [0.25, 0.3) is 0 Å². The van der Waals surface area contributed by atoms with Crippen LogP contribution >= 0.6 is 0 Å². The minimum Gasteiger partial charge on any atom is -0.330 e. The van der Waals surface area contributed by atoms with E-state index >= 15 is 0 Å². The number of benzene rings is 1. The van der Waals surface area contributed by atoms with E-state index in [1.165, 1.54) is 42.8 Å². The van der Waals surface area contributed by atoms with Crippen LogP contribution < -0.4 is 5.73 Å². The standard InChI is InChI=1S/C17H26N4/c1-14-6-7-16-15(12-14)19-17(13-20-9-4-5-10-20)21(16)11-3-2-8-18/h6-7,12H,2-5,8-11,13,18H2,1H3. The highest BCUT2D eigenvalue weighted by molar-refractivity contribution is 5.76. The van der Waals surface area contributed by atoms with Crippen LogP contribution in [0, 0.1) is 6.92 Å². The maximum absolute atomic E-state index is 5.64. The number of nitrogens with two attached hydrogens (primary N) is 1. The molecule has 0 atom stereocenters. The highest BCUT2D eigenvalue weighted by atomic mass is 15.2. The Kier molecular flexibility index (Phi) is 4.56. The van der Waals surface area contributed by atoms with E-state index in [9.17, 15) is 0 Å².